The molecule has 4 heteroatoms. The number of carbonyl (C=O) groups is 1. The first-order valence-electron chi connectivity index (χ1n) is 7.36. The van der Waals surface area contributed by atoms with Crippen molar-refractivity contribution in [2.24, 2.45) is 0 Å². The number of ketones is 1. The van der Waals surface area contributed by atoms with E-state index in [2.05, 4.69) is 16.9 Å². The van der Waals surface area contributed by atoms with Gasteiger partial charge >= 0.3 is 0 Å². The molecule has 0 amide bonds. The maximum atomic E-state index is 13.0. The van der Waals surface area contributed by atoms with Gasteiger partial charge in [0.05, 0.1) is 5.54 Å². The molecular weight excluding hydrogens is 238 g/mol. The van der Waals surface area contributed by atoms with Crippen LogP contribution >= 0.6 is 0 Å². The maximum absolute atomic E-state index is 13.0. The minimum absolute atomic E-state index is 0.253. The van der Waals surface area contributed by atoms with Gasteiger partial charge in [-0.05, 0) is 39.4 Å². The molecule has 0 spiro atoms. The summed E-state index contributed by atoms with van der Waals surface area (Å²) in [6, 6.07) is 1.87. The molecule has 19 heavy (non-hydrogen) atoms. The third-order valence-electron chi connectivity index (χ3n) is 4.34. The third-order valence-corrected chi connectivity index (χ3v) is 4.34. The summed E-state index contributed by atoms with van der Waals surface area (Å²) in [7, 11) is 4.06. The van der Waals surface area contributed by atoms with Crippen LogP contribution in [-0.2, 0) is 6.54 Å². The molecule has 4 nitrogen and oxygen atoms in total. The second-order valence-corrected chi connectivity index (χ2v) is 5.76. The van der Waals surface area contributed by atoms with Crippen LogP contribution in [0.2, 0.25) is 0 Å². The van der Waals surface area contributed by atoms with Crippen molar-refractivity contribution < 1.29 is 4.79 Å². The highest BCUT2D eigenvalue weighted by molar-refractivity contribution is 6.02. The Kier molecular flexibility index (Phi) is 4.40. The number of aromatic nitrogens is 2. The van der Waals surface area contributed by atoms with Gasteiger partial charge in [-0.3, -0.25) is 14.4 Å². The van der Waals surface area contributed by atoms with Crippen LogP contribution in [-0.4, -0.2) is 40.1 Å². The van der Waals surface area contributed by atoms with Crippen molar-refractivity contribution in [3.8, 4) is 0 Å². The van der Waals surface area contributed by atoms with Crippen LogP contribution in [0.25, 0.3) is 0 Å². The summed E-state index contributed by atoms with van der Waals surface area (Å²) in [6.45, 7) is 2.93. The lowest BCUT2D eigenvalue weighted by Gasteiger charge is -2.41. The maximum Gasteiger partial charge on any atom is 0.200 e. The molecule has 1 aliphatic carbocycles. The highest BCUT2D eigenvalue weighted by Gasteiger charge is 2.42. The molecule has 1 heterocycles. The van der Waals surface area contributed by atoms with Crippen LogP contribution in [0.4, 0.5) is 0 Å². The van der Waals surface area contributed by atoms with Crippen LogP contribution in [0.3, 0.4) is 0 Å². The molecule has 1 fully saturated rings. The topological polar surface area (TPSA) is 38.1 Å². The molecule has 1 aromatic heterocycles. The second kappa shape index (κ2) is 5.87. The fourth-order valence-corrected chi connectivity index (χ4v) is 3.17. The molecule has 106 valence electrons. The van der Waals surface area contributed by atoms with Gasteiger partial charge < -0.3 is 0 Å². The SMILES string of the molecule is CCCn1nccc1C(=O)C1(N(C)C)CCCCC1. The zero-order valence-corrected chi connectivity index (χ0v) is 12.4. The molecule has 2 rings (SSSR count). The minimum atomic E-state index is -0.316. The standard InChI is InChI=1S/C15H25N3O/c1-4-12-18-13(8-11-16-18)14(19)15(17(2)3)9-6-5-7-10-15/h8,11H,4-7,9-10,12H2,1-3H3. The number of hydrogen-bond acceptors (Lipinski definition) is 3. The van der Waals surface area contributed by atoms with Gasteiger partial charge in [0.15, 0.2) is 0 Å². The normalized spacial score (nSPS) is 18.7. The molecule has 0 aromatic carbocycles. The fourth-order valence-electron chi connectivity index (χ4n) is 3.17. The van der Waals surface area contributed by atoms with E-state index in [1.807, 2.05) is 24.8 Å². The summed E-state index contributed by atoms with van der Waals surface area (Å²) in [5.41, 5.74) is 0.460. The van der Waals surface area contributed by atoms with Crippen LogP contribution < -0.4 is 0 Å². The molecule has 0 aliphatic heterocycles. The first-order chi connectivity index (χ1) is 9.12. The van der Waals surface area contributed by atoms with Crippen LogP contribution in [0.15, 0.2) is 12.3 Å². The number of carbonyl (C=O) groups excluding carboxylic acids is 1. The van der Waals surface area contributed by atoms with Crippen LogP contribution in [0.5, 0.6) is 0 Å². The Labute approximate surface area is 115 Å². The van der Waals surface area contributed by atoms with E-state index in [0.29, 0.717) is 0 Å². The van der Waals surface area contributed by atoms with Gasteiger partial charge in [-0.25, -0.2) is 0 Å². The Morgan fingerprint density at radius 3 is 2.63 bits per heavy atom. The average Bonchev–Trinajstić information content (AvgIpc) is 2.87. The van der Waals surface area contributed by atoms with E-state index in [1.165, 1.54) is 6.42 Å². The van der Waals surface area contributed by atoms with Crippen molar-refractivity contribution >= 4 is 5.78 Å². The number of Topliss-reactive ketones (excluding diaryl/α,β-unsaturated/α-hetero) is 1. The summed E-state index contributed by atoms with van der Waals surface area (Å²) >= 11 is 0. The Morgan fingerprint density at radius 1 is 1.37 bits per heavy atom. The van der Waals surface area contributed by atoms with Crippen molar-refractivity contribution in [1.29, 1.82) is 0 Å². The molecule has 1 saturated carbocycles. The first-order valence-corrected chi connectivity index (χ1v) is 7.36. The molecular formula is C15H25N3O. The van der Waals surface area contributed by atoms with Gasteiger partial charge in [0, 0.05) is 12.7 Å². The molecule has 0 bridgehead atoms. The molecule has 0 saturated heterocycles. The smallest absolute Gasteiger partial charge is 0.200 e. The number of aryl methyl sites for hydroxylation is 1. The number of nitrogens with zero attached hydrogens (tertiary/aromatic N) is 3. The van der Waals surface area contributed by atoms with Crippen molar-refractivity contribution in [3.63, 3.8) is 0 Å². The molecule has 1 aliphatic rings. The van der Waals surface area contributed by atoms with Gasteiger partial charge in [-0.2, -0.15) is 5.10 Å². The van der Waals surface area contributed by atoms with Gasteiger partial charge in [0.1, 0.15) is 5.69 Å². The molecule has 1 aromatic rings. The van der Waals surface area contributed by atoms with E-state index >= 15 is 0 Å². The minimum Gasteiger partial charge on any atom is -0.297 e. The van der Waals surface area contributed by atoms with E-state index in [1.54, 1.807) is 6.20 Å². The van der Waals surface area contributed by atoms with Crippen molar-refractivity contribution in [3.05, 3.63) is 18.0 Å². The van der Waals surface area contributed by atoms with Crippen LogP contribution in [0, 0.1) is 0 Å². The lowest BCUT2D eigenvalue weighted by molar-refractivity contribution is 0.0552. The second-order valence-electron chi connectivity index (χ2n) is 5.76. The van der Waals surface area contributed by atoms with E-state index in [0.717, 1.165) is 44.3 Å². The van der Waals surface area contributed by atoms with Gasteiger partial charge in [0.25, 0.3) is 0 Å². The lowest BCUT2D eigenvalue weighted by atomic mass is 9.76. The van der Waals surface area contributed by atoms with Crippen LogP contribution in [0.1, 0.15) is 55.9 Å². The Hall–Kier alpha value is -1.16. The zero-order chi connectivity index (χ0) is 13.9. The molecule has 0 N–H and O–H groups in total. The summed E-state index contributed by atoms with van der Waals surface area (Å²) in [5.74, 6) is 0.253. The summed E-state index contributed by atoms with van der Waals surface area (Å²) in [4.78, 5) is 15.1. The Bertz CT molecular complexity index is 430. The summed E-state index contributed by atoms with van der Waals surface area (Å²) < 4.78 is 1.86. The van der Waals surface area contributed by atoms with E-state index in [-0.39, 0.29) is 11.3 Å². The Balaban J connectivity index is 2.31. The fraction of sp³-hybridized carbons (Fsp3) is 0.733. The van der Waals surface area contributed by atoms with Gasteiger partial charge in [0.2, 0.25) is 5.78 Å². The average molecular weight is 263 g/mol. The summed E-state index contributed by atoms with van der Waals surface area (Å²) in [6.07, 6.45) is 8.22. The van der Waals surface area contributed by atoms with Gasteiger partial charge in [-0.1, -0.05) is 26.2 Å². The Morgan fingerprint density at radius 2 is 2.05 bits per heavy atom. The highest BCUT2D eigenvalue weighted by atomic mass is 16.1. The largest absolute Gasteiger partial charge is 0.297 e. The predicted molar refractivity (Wildman–Crippen MR) is 76.4 cm³/mol. The van der Waals surface area contributed by atoms with E-state index < -0.39 is 0 Å². The number of likely N-dealkylation sites (N-methyl/N-ethyl adjacent to an activating group) is 1. The molecule has 0 unspecified atom stereocenters. The quantitative estimate of drug-likeness (QED) is 0.767. The van der Waals surface area contributed by atoms with E-state index in [9.17, 15) is 4.79 Å². The predicted octanol–water partition coefficient (Wildman–Crippen LogP) is 2.74. The first kappa shape index (κ1) is 14.3. The molecule has 0 atom stereocenters. The molecule has 0 radical (unpaired) electrons. The third kappa shape index (κ3) is 2.59. The van der Waals surface area contributed by atoms with Gasteiger partial charge in [-0.15, -0.1) is 0 Å². The van der Waals surface area contributed by atoms with Crippen molar-refractivity contribution in [2.45, 2.75) is 57.5 Å². The monoisotopic (exact) mass is 263 g/mol. The van der Waals surface area contributed by atoms with Crippen molar-refractivity contribution in [2.75, 3.05) is 14.1 Å². The zero-order valence-electron chi connectivity index (χ0n) is 12.4. The van der Waals surface area contributed by atoms with E-state index in [4.69, 9.17) is 0 Å². The number of rotatable bonds is 5. The van der Waals surface area contributed by atoms with Crippen molar-refractivity contribution in [1.82, 2.24) is 14.7 Å². The lowest BCUT2D eigenvalue weighted by Crippen LogP contribution is -2.52. The summed E-state index contributed by atoms with van der Waals surface area (Å²) in [5, 5.41) is 4.29. The number of hydrogen-bond donors (Lipinski definition) is 0. The highest BCUT2D eigenvalue weighted by Crippen LogP contribution is 2.35.